The number of pyridine rings is 1. The summed E-state index contributed by atoms with van der Waals surface area (Å²) in [6.07, 6.45) is 4.82. The van der Waals surface area contributed by atoms with Crippen LogP contribution in [0.25, 0.3) is 0 Å². The zero-order valence-electron chi connectivity index (χ0n) is 16.8. The molecule has 1 aromatic rings. The number of carbonyl (C=O) groups is 1. The fraction of sp³-hybridized carbons (Fsp3) is 0.714. The lowest BCUT2D eigenvalue weighted by Crippen LogP contribution is -2.48. The highest BCUT2D eigenvalue weighted by Gasteiger charge is 2.32. The van der Waals surface area contributed by atoms with E-state index in [1.165, 1.54) is 0 Å². The van der Waals surface area contributed by atoms with Gasteiger partial charge in [-0.1, -0.05) is 27.2 Å². The number of rotatable bonds is 9. The van der Waals surface area contributed by atoms with Crippen molar-refractivity contribution in [1.29, 1.82) is 0 Å². The molecule has 1 saturated heterocycles. The lowest BCUT2D eigenvalue weighted by molar-refractivity contribution is -0.127. The molecule has 2 rings (SSSR count). The van der Waals surface area contributed by atoms with E-state index in [1.54, 1.807) is 6.20 Å². The Hall–Kier alpha value is -1.62. The fourth-order valence-electron chi connectivity index (χ4n) is 3.57. The fourth-order valence-corrected chi connectivity index (χ4v) is 3.57. The summed E-state index contributed by atoms with van der Waals surface area (Å²) in [4.78, 5) is 19.3. The van der Waals surface area contributed by atoms with E-state index in [0.717, 1.165) is 56.9 Å². The molecule has 0 spiro atoms. The Kier molecular flexibility index (Phi) is 8.36. The van der Waals surface area contributed by atoms with Crippen molar-refractivity contribution in [3.63, 3.8) is 0 Å². The van der Waals surface area contributed by atoms with Gasteiger partial charge in [0.2, 0.25) is 5.91 Å². The van der Waals surface area contributed by atoms with Crippen molar-refractivity contribution in [2.45, 2.75) is 47.0 Å². The molecule has 1 aliphatic heterocycles. The highest BCUT2D eigenvalue weighted by atomic mass is 16.5. The second-order valence-corrected chi connectivity index (χ2v) is 8.00. The van der Waals surface area contributed by atoms with Gasteiger partial charge in [0.25, 0.3) is 0 Å². The predicted molar refractivity (Wildman–Crippen MR) is 105 cm³/mol. The van der Waals surface area contributed by atoms with Crippen LogP contribution in [-0.2, 0) is 4.79 Å². The number of aryl methyl sites for hydroxylation is 1. The van der Waals surface area contributed by atoms with Crippen LogP contribution in [0.2, 0.25) is 0 Å². The molecule has 1 N–H and O–H groups in total. The number of nitrogens with zero attached hydrogens (tertiary/aromatic N) is 2. The number of ether oxygens (including phenoxy) is 1. The number of piperidine rings is 1. The molecule has 1 fully saturated rings. The van der Waals surface area contributed by atoms with E-state index in [1.807, 2.05) is 19.1 Å². The third kappa shape index (κ3) is 6.94. The first kappa shape index (κ1) is 20.7. The molecule has 0 saturated carbocycles. The van der Waals surface area contributed by atoms with Crippen molar-refractivity contribution >= 4 is 5.91 Å². The monoisotopic (exact) mass is 361 g/mol. The molecule has 1 amide bonds. The van der Waals surface area contributed by atoms with Crippen LogP contribution in [0.3, 0.4) is 0 Å². The number of unbranched alkanes of at least 4 members (excludes halogenated alkanes) is 1. The summed E-state index contributed by atoms with van der Waals surface area (Å²) >= 11 is 0. The summed E-state index contributed by atoms with van der Waals surface area (Å²) in [6.45, 7) is 12.9. The van der Waals surface area contributed by atoms with E-state index in [9.17, 15) is 4.79 Å². The Bertz CT molecular complexity index is 545. The highest BCUT2D eigenvalue weighted by molar-refractivity contribution is 5.79. The van der Waals surface area contributed by atoms with Crippen LogP contribution >= 0.6 is 0 Å². The molecular weight excluding hydrogens is 326 g/mol. The van der Waals surface area contributed by atoms with Gasteiger partial charge in [0.1, 0.15) is 5.75 Å². The minimum absolute atomic E-state index is 0.0594. The molecule has 0 bridgehead atoms. The molecule has 5 nitrogen and oxygen atoms in total. The maximum absolute atomic E-state index is 12.6. The predicted octanol–water partition coefficient (Wildman–Crippen LogP) is 3.28. The summed E-state index contributed by atoms with van der Waals surface area (Å²) in [6, 6.07) is 3.93. The number of hydrogen-bond donors (Lipinski definition) is 1. The lowest BCUT2D eigenvalue weighted by atomic mass is 9.88. The standard InChI is InChI=1S/C21H35N3O2/c1-5-6-9-22-21(25)19-10-18(13-24(14-19)12-16(2)3)15-26-20-8-7-17(4)23-11-20/h7-8,11,16,18-19H,5-6,9-10,12-15H2,1-4H3,(H,22,25)/t18-,19+/m0/s1. The van der Waals surface area contributed by atoms with Gasteiger partial charge in [0.15, 0.2) is 0 Å². The number of nitrogens with one attached hydrogen (secondary N) is 1. The maximum atomic E-state index is 12.6. The van der Waals surface area contributed by atoms with Crippen molar-refractivity contribution in [2.24, 2.45) is 17.8 Å². The number of hydrogen-bond acceptors (Lipinski definition) is 4. The van der Waals surface area contributed by atoms with Gasteiger partial charge in [0, 0.05) is 37.8 Å². The Morgan fingerprint density at radius 2 is 2.19 bits per heavy atom. The summed E-state index contributed by atoms with van der Waals surface area (Å²) in [5, 5.41) is 3.11. The maximum Gasteiger partial charge on any atom is 0.224 e. The second kappa shape index (κ2) is 10.5. The van der Waals surface area contributed by atoms with Gasteiger partial charge < -0.3 is 15.0 Å². The second-order valence-electron chi connectivity index (χ2n) is 8.00. The van der Waals surface area contributed by atoms with Gasteiger partial charge >= 0.3 is 0 Å². The molecule has 2 atom stereocenters. The third-order valence-corrected chi connectivity index (χ3v) is 4.81. The van der Waals surface area contributed by atoms with E-state index in [0.29, 0.717) is 18.4 Å². The molecule has 26 heavy (non-hydrogen) atoms. The molecule has 0 radical (unpaired) electrons. The van der Waals surface area contributed by atoms with Crippen molar-refractivity contribution in [2.75, 3.05) is 32.8 Å². The molecule has 1 aliphatic rings. The number of carbonyl (C=O) groups excluding carboxylic acids is 1. The van der Waals surface area contributed by atoms with Crippen molar-refractivity contribution < 1.29 is 9.53 Å². The van der Waals surface area contributed by atoms with Gasteiger partial charge in [-0.3, -0.25) is 9.78 Å². The van der Waals surface area contributed by atoms with Crippen LogP contribution in [0.1, 0.15) is 45.7 Å². The molecular formula is C21H35N3O2. The van der Waals surface area contributed by atoms with Crippen LogP contribution in [0.4, 0.5) is 0 Å². The molecule has 5 heteroatoms. The van der Waals surface area contributed by atoms with Crippen LogP contribution in [0.5, 0.6) is 5.75 Å². The van der Waals surface area contributed by atoms with E-state index in [2.05, 4.69) is 36.0 Å². The summed E-state index contributed by atoms with van der Waals surface area (Å²) in [5.74, 6) is 2.03. The van der Waals surface area contributed by atoms with Crippen molar-refractivity contribution in [1.82, 2.24) is 15.2 Å². The van der Waals surface area contributed by atoms with Crippen molar-refractivity contribution in [3.8, 4) is 5.75 Å². The first-order valence-electron chi connectivity index (χ1n) is 10.0. The first-order valence-corrected chi connectivity index (χ1v) is 10.0. The Morgan fingerprint density at radius 3 is 2.85 bits per heavy atom. The van der Waals surface area contributed by atoms with Crippen LogP contribution in [0.15, 0.2) is 18.3 Å². The summed E-state index contributed by atoms with van der Waals surface area (Å²) < 4.78 is 5.96. The minimum atomic E-state index is 0.0594. The lowest BCUT2D eigenvalue weighted by Gasteiger charge is -2.37. The Morgan fingerprint density at radius 1 is 1.38 bits per heavy atom. The molecule has 1 aromatic heterocycles. The Labute approximate surface area is 158 Å². The smallest absolute Gasteiger partial charge is 0.224 e. The van der Waals surface area contributed by atoms with Crippen molar-refractivity contribution in [3.05, 3.63) is 24.0 Å². The minimum Gasteiger partial charge on any atom is -0.492 e. The third-order valence-electron chi connectivity index (χ3n) is 4.81. The average Bonchev–Trinajstić information content (AvgIpc) is 2.60. The van der Waals surface area contributed by atoms with E-state index in [-0.39, 0.29) is 11.8 Å². The SMILES string of the molecule is CCCCNC(=O)[C@@H]1C[C@H](COc2ccc(C)nc2)CN(CC(C)C)C1. The quantitative estimate of drug-likeness (QED) is 0.686. The molecule has 0 aromatic carbocycles. The summed E-state index contributed by atoms with van der Waals surface area (Å²) in [7, 11) is 0. The van der Waals surface area contributed by atoms with Gasteiger partial charge in [-0.2, -0.15) is 0 Å². The van der Waals surface area contributed by atoms with Crippen LogP contribution < -0.4 is 10.1 Å². The van der Waals surface area contributed by atoms with Gasteiger partial charge in [-0.15, -0.1) is 0 Å². The number of amides is 1. The van der Waals surface area contributed by atoms with E-state index in [4.69, 9.17) is 4.74 Å². The molecule has 2 heterocycles. The normalized spacial score (nSPS) is 21.0. The zero-order valence-corrected chi connectivity index (χ0v) is 16.8. The molecule has 0 unspecified atom stereocenters. The number of aromatic nitrogens is 1. The van der Waals surface area contributed by atoms with Crippen LogP contribution in [-0.4, -0.2) is 48.6 Å². The van der Waals surface area contributed by atoms with Gasteiger partial charge in [0.05, 0.1) is 18.7 Å². The van der Waals surface area contributed by atoms with Gasteiger partial charge in [-0.25, -0.2) is 0 Å². The first-order chi connectivity index (χ1) is 12.5. The average molecular weight is 362 g/mol. The van der Waals surface area contributed by atoms with Crippen LogP contribution in [0, 0.1) is 24.7 Å². The Balaban J connectivity index is 1.92. The molecule has 146 valence electrons. The van der Waals surface area contributed by atoms with E-state index >= 15 is 0 Å². The molecule has 0 aliphatic carbocycles. The summed E-state index contributed by atoms with van der Waals surface area (Å²) in [5.41, 5.74) is 0.988. The zero-order chi connectivity index (χ0) is 18.9. The van der Waals surface area contributed by atoms with E-state index < -0.39 is 0 Å². The highest BCUT2D eigenvalue weighted by Crippen LogP contribution is 2.24. The topological polar surface area (TPSA) is 54.5 Å². The van der Waals surface area contributed by atoms with Gasteiger partial charge in [-0.05, 0) is 37.8 Å². The number of likely N-dealkylation sites (tertiary alicyclic amines) is 1. The largest absolute Gasteiger partial charge is 0.492 e.